The van der Waals surface area contributed by atoms with Crippen molar-refractivity contribution in [1.29, 1.82) is 0 Å². The van der Waals surface area contributed by atoms with E-state index in [1.54, 1.807) is 0 Å². The lowest BCUT2D eigenvalue weighted by molar-refractivity contribution is 0.614. The van der Waals surface area contributed by atoms with Crippen molar-refractivity contribution in [2.24, 2.45) is 9.98 Å². The van der Waals surface area contributed by atoms with Crippen molar-refractivity contribution >= 4 is 23.7 Å². The third-order valence-electron chi connectivity index (χ3n) is 1.54. The van der Waals surface area contributed by atoms with Crippen LogP contribution in [0.25, 0.3) is 0 Å². The quantitative estimate of drug-likeness (QED) is 0.671. The summed E-state index contributed by atoms with van der Waals surface area (Å²) in [6.45, 7) is 7.25. The molecule has 5 nitrogen and oxygen atoms in total. The highest BCUT2D eigenvalue weighted by Crippen LogP contribution is 2.02. The summed E-state index contributed by atoms with van der Waals surface area (Å²) < 4.78 is 1.46. The summed E-state index contributed by atoms with van der Waals surface area (Å²) in [6, 6.07) is 0.208. The van der Waals surface area contributed by atoms with Gasteiger partial charge in [-0.3, -0.25) is 5.32 Å². The van der Waals surface area contributed by atoms with Gasteiger partial charge in [-0.25, -0.2) is 14.4 Å². The van der Waals surface area contributed by atoms with E-state index in [0.717, 1.165) is 12.5 Å². The van der Waals surface area contributed by atoms with Gasteiger partial charge in [0.15, 0.2) is 5.96 Å². The van der Waals surface area contributed by atoms with Crippen molar-refractivity contribution in [2.75, 3.05) is 13.2 Å². The molecule has 2 N–H and O–H groups in total. The Morgan fingerprint density at radius 2 is 2.43 bits per heavy atom. The van der Waals surface area contributed by atoms with Gasteiger partial charge in [0.25, 0.3) is 0 Å². The normalized spacial score (nSPS) is 19.6. The molecule has 0 spiro atoms. The second kappa shape index (κ2) is 5.05. The van der Waals surface area contributed by atoms with E-state index in [1.165, 1.54) is 4.42 Å². The molecule has 6 heteroatoms. The highest BCUT2D eigenvalue weighted by molar-refractivity contribution is 6.24. The van der Waals surface area contributed by atoms with Crippen LogP contribution in [-0.4, -0.2) is 35.6 Å². The van der Waals surface area contributed by atoms with Crippen LogP contribution >= 0.6 is 11.8 Å². The van der Waals surface area contributed by atoms with Gasteiger partial charge in [0.1, 0.15) is 6.67 Å². The van der Waals surface area contributed by atoms with Crippen LogP contribution in [0.1, 0.15) is 20.8 Å². The molecule has 0 bridgehead atoms. The van der Waals surface area contributed by atoms with E-state index in [4.69, 9.17) is 11.8 Å². The third-order valence-corrected chi connectivity index (χ3v) is 1.80. The molecule has 0 saturated carbocycles. The first-order valence-electron chi connectivity index (χ1n) is 4.70. The summed E-state index contributed by atoms with van der Waals surface area (Å²) in [5.41, 5.74) is 0. The van der Waals surface area contributed by atoms with Gasteiger partial charge < -0.3 is 5.32 Å². The lowest BCUT2D eigenvalue weighted by atomic mass is 10.4. The molecular weight excluding hydrogens is 202 g/mol. The molecular formula is C8H16ClN5. The zero-order chi connectivity index (χ0) is 10.6. The largest absolute Gasteiger partial charge is 0.356 e. The number of nitrogens with zero attached hydrogens (tertiary/aromatic N) is 3. The Morgan fingerprint density at radius 3 is 3.00 bits per heavy atom. The maximum Gasteiger partial charge on any atom is 0.217 e. The molecule has 0 atom stereocenters. The number of hydrogen-bond donors (Lipinski definition) is 2. The van der Waals surface area contributed by atoms with Crippen LogP contribution in [0.5, 0.6) is 0 Å². The number of aliphatic imine (C=N–C) groups is 2. The van der Waals surface area contributed by atoms with Crippen molar-refractivity contribution in [3.05, 3.63) is 0 Å². The monoisotopic (exact) mass is 217 g/mol. The van der Waals surface area contributed by atoms with Crippen LogP contribution < -0.4 is 10.6 Å². The molecule has 0 aromatic carbocycles. The second-order valence-electron chi connectivity index (χ2n) is 3.21. The first-order chi connectivity index (χ1) is 6.63. The van der Waals surface area contributed by atoms with Gasteiger partial charge in [0.05, 0.1) is 0 Å². The molecule has 0 radical (unpaired) electrons. The van der Waals surface area contributed by atoms with Crippen molar-refractivity contribution < 1.29 is 0 Å². The van der Waals surface area contributed by atoms with E-state index in [9.17, 15) is 0 Å². The highest BCUT2D eigenvalue weighted by atomic mass is 35.5. The summed E-state index contributed by atoms with van der Waals surface area (Å²) in [7, 11) is 0. The predicted octanol–water partition coefficient (Wildman–Crippen LogP) is 0.733. The van der Waals surface area contributed by atoms with Gasteiger partial charge in [0.2, 0.25) is 5.96 Å². The number of guanidine groups is 2. The maximum atomic E-state index is 5.90. The molecule has 1 aliphatic heterocycles. The summed E-state index contributed by atoms with van der Waals surface area (Å²) in [4.78, 5) is 8.49. The lowest BCUT2D eigenvalue weighted by Crippen LogP contribution is -2.50. The van der Waals surface area contributed by atoms with Crippen molar-refractivity contribution in [3.8, 4) is 0 Å². The summed E-state index contributed by atoms with van der Waals surface area (Å²) in [5, 5.41) is 6.10. The Morgan fingerprint density at radius 1 is 1.71 bits per heavy atom. The standard InChI is InChI=1S/C8H16ClN5/c1-4-10-7-11-5-14(9)8(13-7)12-6(2)3/h6H,4-5H2,1-3H3,(H2,10,11,12,13). The average molecular weight is 218 g/mol. The van der Waals surface area contributed by atoms with E-state index in [-0.39, 0.29) is 6.04 Å². The SMILES string of the molecule is CCNC1=NCN(Cl)C(=NC(C)C)N1. The Labute approximate surface area is 89.4 Å². The van der Waals surface area contributed by atoms with Crippen LogP contribution in [0.15, 0.2) is 9.98 Å². The number of hydrogen-bond acceptors (Lipinski definition) is 3. The van der Waals surface area contributed by atoms with Crippen LogP contribution in [0.2, 0.25) is 0 Å². The number of nitrogens with one attached hydrogen (secondary N) is 2. The van der Waals surface area contributed by atoms with Gasteiger partial charge >= 0.3 is 0 Å². The molecule has 80 valence electrons. The topological polar surface area (TPSA) is 52.0 Å². The molecule has 0 fully saturated rings. The Kier molecular flexibility index (Phi) is 4.00. The van der Waals surface area contributed by atoms with E-state index in [2.05, 4.69) is 20.6 Å². The smallest absolute Gasteiger partial charge is 0.217 e. The summed E-state index contributed by atoms with van der Waals surface area (Å²) in [6.07, 6.45) is 0. The Balaban J connectivity index is 2.66. The second-order valence-corrected chi connectivity index (χ2v) is 3.62. The van der Waals surface area contributed by atoms with Gasteiger partial charge in [0, 0.05) is 24.4 Å². The summed E-state index contributed by atoms with van der Waals surface area (Å²) >= 11 is 5.90. The zero-order valence-corrected chi connectivity index (χ0v) is 9.47. The van der Waals surface area contributed by atoms with E-state index < -0.39 is 0 Å². The minimum atomic E-state index is 0.208. The number of rotatable bonds is 2. The zero-order valence-electron chi connectivity index (χ0n) is 8.71. The molecule has 0 unspecified atom stereocenters. The van der Waals surface area contributed by atoms with Gasteiger partial charge in [-0.2, -0.15) is 0 Å². The first-order valence-corrected chi connectivity index (χ1v) is 5.03. The molecule has 0 aromatic heterocycles. The van der Waals surface area contributed by atoms with Gasteiger partial charge in [-0.05, 0) is 20.8 Å². The molecule has 1 aliphatic rings. The van der Waals surface area contributed by atoms with Crippen LogP contribution in [-0.2, 0) is 0 Å². The number of halogens is 1. The lowest BCUT2D eigenvalue weighted by Gasteiger charge is -2.24. The van der Waals surface area contributed by atoms with Crippen molar-refractivity contribution in [1.82, 2.24) is 15.1 Å². The fraction of sp³-hybridized carbons (Fsp3) is 0.750. The maximum absolute atomic E-state index is 5.90. The van der Waals surface area contributed by atoms with E-state index >= 15 is 0 Å². The molecule has 0 amide bonds. The van der Waals surface area contributed by atoms with Gasteiger partial charge in [-0.1, -0.05) is 0 Å². The van der Waals surface area contributed by atoms with Crippen molar-refractivity contribution in [2.45, 2.75) is 26.8 Å². The van der Waals surface area contributed by atoms with Gasteiger partial charge in [-0.15, -0.1) is 0 Å². The first kappa shape index (κ1) is 11.1. The summed E-state index contributed by atoms with van der Waals surface area (Å²) in [5.74, 6) is 1.37. The van der Waals surface area contributed by atoms with E-state index in [1.807, 2.05) is 20.8 Å². The molecule has 0 aromatic rings. The van der Waals surface area contributed by atoms with Crippen LogP contribution in [0.3, 0.4) is 0 Å². The molecule has 0 aliphatic carbocycles. The van der Waals surface area contributed by atoms with E-state index in [0.29, 0.717) is 12.6 Å². The molecule has 1 rings (SSSR count). The average Bonchev–Trinajstić information content (AvgIpc) is 2.10. The highest BCUT2D eigenvalue weighted by Gasteiger charge is 2.16. The fourth-order valence-corrected chi connectivity index (χ4v) is 1.15. The molecule has 1 heterocycles. The van der Waals surface area contributed by atoms with Crippen LogP contribution in [0.4, 0.5) is 0 Å². The molecule has 0 saturated heterocycles. The minimum Gasteiger partial charge on any atom is -0.356 e. The minimum absolute atomic E-state index is 0.208. The Bertz CT molecular complexity index is 248. The van der Waals surface area contributed by atoms with Crippen LogP contribution in [0, 0.1) is 0 Å². The fourth-order valence-electron chi connectivity index (χ4n) is 1.01. The predicted molar refractivity (Wildman–Crippen MR) is 59.4 cm³/mol. The Hall–Kier alpha value is -0.970. The third kappa shape index (κ3) is 3.06. The van der Waals surface area contributed by atoms with Crippen molar-refractivity contribution in [3.63, 3.8) is 0 Å². The molecule has 14 heavy (non-hydrogen) atoms.